The molecule has 2 aromatic carbocycles. The van der Waals surface area contributed by atoms with E-state index in [0.717, 1.165) is 10.9 Å². The van der Waals surface area contributed by atoms with Gasteiger partial charge in [0.15, 0.2) is 5.79 Å². The van der Waals surface area contributed by atoms with E-state index >= 15 is 0 Å². The van der Waals surface area contributed by atoms with Crippen molar-refractivity contribution in [3.63, 3.8) is 0 Å². The van der Waals surface area contributed by atoms with E-state index in [-0.39, 0.29) is 23.7 Å². The van der Waals surface area contributed by atoms with Gasteiger partial charge in [0.2, 0.25) is 0 Å². The summed E-state index contributed by atoms with van der Waals surface area (Å²) < 4.78 is 17.4. The van der Waals surface area contributed by atoms with Gasteiger partial charge in [-0.3, -0.25) is 4.79 Å². The molecule has 1 fully saturated rings. The zero-order chi connectivity index (χ0) is 20.4. The quantitative estimate of drug-likeness (QED) is 0.730. The van der Waals surface area contributed by atoms with Crippen molar-refractivity contribution in [1.29, 1.82) is 0 Å². The molecular formula is C23H24N2O4. The highest BCUT2D eigenvalue weighted by Crippen LogP contribution is 2.33. The highest BCUT2D eigenvalue weighted by atomic mass is 16.7. The molecule has 150 valence electrons. The normalized spacial score (nSPS) is 20.9. The lowest BCUT2D eigenvalue weighted by molar-refractivity contribution is -0.284. The van der Waals surface area contributed by atoms with Crippen LogP contribution in [0, 0.1) is 0 Å². The number of ether oxygens (including phenoxy) is 3. The highest BCUT2D eigenvalue weighted by molar-refractivity contribution is 5.97. The number of methoxy groups -OCH3 is 1. The summed E-state index contributed by atoms with van der Waals surface area (Å²) in [5, 5.41) is 3.89. The summed E-state index contributed by atoms with van der Waals surface area (Å²) in [4.78, 5) is 17.5. The number of hydrogen-bond donors (Lipinski definition) is 1. The number of nitrogens with one attached hydrogen (secondary N) is 1. The summed E-state index contributed by atoms with van der Waals surface area (Å²) in [6, 6.07) is 18.7. The van der Waals surface area contributed by atoms with Gasteiger partial charge in [0.1, 0.15) is 17.5 Å². The summed E-state index contributed by atoms with van der Waals surface area (Å²) in [6.45, 7) is 4.08. The molecule has 6 heteroatoms. The largest absolute Gasteiger partial charge is 0.496 e. The maximum absolute atomic E-state index is 13.0. The van der Waals surface area contributed by atoms with E-state index in [9.17, 15) is 4.79 Å². The molecule has 6 nitrogen and oxygen atoms in total. The Morgan fingerprint density at radius 3 is 2.62 bits per heavy atom. The minimum absolute atomic E-state index is 0.289. The van der Waals surface area contributed by atoms with Crippen molar-refractivity contribution in [3.05, 3.63) is 71.9 Å². The fourth-order valence-corrected chi connectivity index (χ4v) is 3.53. The SMILES string of the molecule is COc1cc(C(=O)N[C@H]2COC(C)(C)O[C@H]2c2ccccc2)nc2ccccc12. The van der Waals surface area contributed by atoms with Crippen molar-refractivity contribution in [2.24, 2.45) is 0 Å². The molecule has 1 amide bonds. The molecular weight excluding hydrogens is 368 g/mol. The van der Waals surface area contributed by atoms with E-state index in [2.05, 4.69) is 10.3 Å². The summed E-state index contributed by atoms with van der Waals surface area (Å²) in [7, 11) is 1.58. The topological polar surface area (TPSA) is 69.7 Å². The van der Waals surface area contributed by atoms with E-state index in [1.807, 2.05) is 68.4 Å². The summed E-state index contributed by atoms with van der Waals surface area (Å²) in [6.07, 6.45) is -0.328. The second-order valence-corrected chi connectivity index (χ2v) is 7.47. The molecule has 1 N–H and O–H groups in total. The number of para-hydroxylation sites is 1. The van der Waals surface area contributed by atoms with E-state index < -0.39 is 5.79 Å². The summed E-state index contributed by atoms with van der Waals surface area (Å²) in [5.74, 6) is -0.420. The fraction of sp³-hybridized carbons (Fsp3) is 0.304. The Morgan fingerprint density at radius 2 is 1.86 bits per heavy atom. The molecule has 0 bridgehead atoms. The highest BCUT2D eigenvalue weighted by Gasteiger charge is 2.38. The van der Waals surface area contributed by atoms with Gasteiger partial charge in [-0.2, -0.15) is 0 Å². The van der Waals surface area contributed by atoms with Crippen LogP contribution in [0.5, 0.6) is 5.75 Å². The van der Waals surface area contributed by atoms with Crippen molar-refractivity contribution < 1.29 is 19.0 Å². The van der Waals surface area contributed by atoms with Crippen LogP contribution >= 0.6 is 0 Å². The van der Waals surface area contributed by atoms with Gasteiger partial charge in [0.05, 0.1) is 25.3 Å². The first-order valence-electron chi connectivity index (χ1n) is 9.58. The molecule has 4 rings (SSSR count). The molecule has 2 heterocycles. The number of hydrogen-bond acceptors (Lipinski definition) is 5. The minimum Gasteiger partial charge on any atom is -0.496 e. The molecule has 29 heavy (non-hydrogen) atoms. The lowest BCUT2D eigenvalue weighted by Crippen LogP contribution is -2.52. The number of carbonyl (C=O) groups excluding carboxylic acids is 1. The fourth-order valence-electron chi connectivity index (χ4n) is 3.53. The molecule has 0 saturated carbocycles. The number of carbonyl (C=O) groups is 1. The average Bonchev–Trinajstić information content (AvgIpc) is 2.74. The van der Waals surface area contributed by atoms with Crippen LogP contribution in [-0.2, 0) is 9.47 Å². The van der Waals surface area contributed by atoms with E-state index in [4.69, 9.17) is 14.2 Å². The molecule has 0 unspecified atom stereocenters. The summed E-state index contributed by atoms with van der Waals surface area (Å²) in [5.41, 5.74) is 1.98. The molecule has 2 atom stereocenters. The van der Waals surface area contributed by atoms with E-state index in [1.54, 1.807) is 13.2 Å². The van der Waals surface area contributed by atoms with Crippen LogP contribution in [0.4, 0.5) is 0 Å². The van der Waals surface area contributed by atoms with Gasteiger partial charge < -0.3 is 19.5 Å². The van der Waals surface area contributed by atoms with Gasteiger partial charge in [-0.05, 0) is 31.5 Å². The Kier molecular flexibility index (Phi) is 5.22. The molecule has 0 radical (unpaired) electrons. The first-order valence-corrected chi connectivity index (χ1v) is 9.58. The van der Waals surface area contributed by atoms with E-state index in [1.165, 1.54) is 0 Å². The van der Waals surface area contributed by atoms with Crippen LogP contribution in [0.1, 0.15) is 36.0 Å². The van der Waals surface area contributed by atoms with Gasteiger partial charge in [-0.25, -0.2) is 4.98 Å². The maximum atomic E-state index is 13.0. The zero-order valence-corrected chi connectivity index (χ0v) is 16.7. The van der Waals surface area contributed by atoms with Gasteiger partial charge in [0, 0.05) is 11.5 Å². The standard InChI is InChI=1S/C23H24N2O4/c1-23(2)28-14-19(21(29-23)15-9-5-4-6-10-15)25-22(26)18-13-20(27-3)16-11-7-8-12-17(16)24-18/h4-13,19,21H,14H2,1-3H3,(H,25,26)/t19-,21-/m0/s1. The molecule has 1 aliphatic rings. The van der Waals surface area contributed by atoms with Crippen molar-refractivity contribution in [2.45, 2.75) is 31.8 Å². The van der Waals surface area contributed by atoms with Crippen LogP contribution in [0.3, 0.4) is 0 Å². The summed E-state index contributed by atoms with van der Waals surface area (Å²) >= 11 is 0. The Bertz CT molecular complexity index is 1020. The van der Waals surface area contributed by atoms with Gasteiger partial charge in [-0.1, -0.05) is 42.5 Å². The Balaban J connectivity index is 1.62. The molecule has 1 saturated heterocycles. The Hall–Kier alpha value is -2.96. The number of pyridine rings is 1. The lowest BCUT2D eigenvalue weighted by atomic mass is 10.0. The number of rotatable bonds is 4. The second-order valence-electron chi connectivity index (χ2n) is 7.47. The predicted molar refractivity (Wildman–Crippen MR) is 110 cm³/mol. The van der Waals surface area contributed by atoms with Crippen LogP contribution in [0.15, 0.2) is 60.7 Å². The van der Waals surface area contributed by atoms with Crippen molar-refractivity contribution in [2.75, 3.05) is 13.7 Å². The Morgan fingerprint density at radius 1 is 1.14 bits per heavy atom. The first-order chi connectivity index (χ1) is 14.0. The second kappa shape index (κ2) is 7.81. The predicted octanol–water partition coefficient (Wildman–Crippen LogP) is 3.87. The molecule has 3 aromatic rings. The third kappa shape index (κ3) is 4.09. The number of benzene rings is 2. The molecule has 0 spiro atoms. The van der Waals surface area contributed by atoms with Crippen molar-refractivity contribution in [3.8, 4) is 5.75 Å². The van der Waals surface area contributed by atoms with Crippen molar-refractivity contribution >= 4 is 16.8 Å². The zero-order valence-electron chi connectivity index (χ0n) is 16.7. The maximum Gasteiger partial charge on any atom is 0.270 e. The number of nitrogens with zero attached hydrogens (tertiary/aromatic N) is 1. The van der Waals surface area contributed by atoms with E-state index in [0.29, 0.717) is 17.9 Å². The number of aromatic nitrogens is 1. The van der Waals surface area contributed by atoms with Crippen LogP contribution in [0.25, 0.3) is 10.9 Å². The van der Waals surface area contributed by atoms with Gasteiger partial charge >= 0.3 is 0 Å². The average molecular weight is 392 g/mol. The number of fused-ring (bicyclic) bond motifs is 1. The monoisotopic (exact) mass is 392 g/mol. The Labute approximate surface area is 169 Å². The van der Waals surface area contributed by atoms with Gasteiger partial charge in [0.25, 0.3) is 5.91 Å². The molecule has 1 aliphatic heterocycles. The molecule has 0 aliphatic carbocycles. The third-order valence-corrected chi connectivity index (χ3v) is 4.96. The number of amides is 1. The van der Waals surface area contributed by atoms with Crippen LogP contribution in [-0.4, -0.2) is 36.4 Å². The van der Waals surface area contributed by atoms with Crippen LogP contribution < -0.4 is 10.1 Å². The van der Waals surface area contributed by atoms with Crippen molar-refractivity contribution in [1.82, 2.24) is 10.3 Å². The minimum atomic E-state index is -0.730. The third-order valence-electron chi connectivity index (χ3n) is 4.96. The van der Waals surface area contributed by atoms with Crippen LogP contribution in [0.2, 0.25) is 0 Å². The van der Waals surface area contributed by atoms with Gasteiger partial charge in [-0.15, -0.1) is 0 Å². The smallest absolute Gasteiger partial charge is 0.270 e. The molecule has 1 aromatic heterocycles. The first kappa shape index (κ1) is 19.4. The lowest BCUT2D eigenvalue weighted by Gasteiger charge is -2.41.